The normalized spacial score (nSPS) is 23.2. The van der Waals surface area contributed by atoms with Gasteiger partial charge in [0.25, 0.3) is 5.69 Å². The molecule has 0 radical (unpaired) electrons. The molecule has 3 unspecified atom stereocenters. The zero-order valence-electron chi connectivity index (χ0n) is 19.4. The summed E-state index contributed by atoms with van der Waals surface area (Å²) in [5.74, 6) is -0.263. The molecule has 2 aliphatic heterocycles. The van der Waals surface area contributed by atoms with E-state index in [1.165, 1.54) is 42.0 Å². The average Bonchev–Trinajstić information content (AvgIpc) is 2.89. The van der Waals surface area contributed by atoms with Crippen LogP contribution in [0.2, 0.25) is 0 Å². The summed E-state index contributed by atoms with van der Waals surface area (Å²) in [6, 6.07) is 22.0. The largest absolute Gasteiger partial charge is 0.296 e. The Labute approximate surface area is 214 Å². The van der Waals surface area contributed by atoms with Gasteiger partial charge in [0, 0.05) is 54.0 Å². The lowest BCUT2D eigenvalue weighted by Gasteiger charge is -2.50. The molecule has 2 saturated heterocycles. The second-order valence-electron chi connectivity index (χ2n) is 9.06. The lowest BCUT2D eigenvalue weighted by molar-refractivity contribution is -0.384. The van der Waals surface area contributed by atoms with Crippen LogP contribution >= 0.6 is 11.8 Å². The van der Waals surface area contributed by atoms with Crippen LogP contribution in [0, 0.1) is 15.9 Å². The van der Waals surface area contributed by atoms with Crippen molar-refractivity contribution in [2.75, 3.05) is 19.6 Å². The molecule has 10 heteroatoms. The highest BCUT2D eigenvalue weighted by atomic mass is 32.2. The van der Waals surface area contributed by atoms with Crippen molar-refractivity contribution in [2.24, 2.45) is 0 Å². The Bertz CT molecular complexity index is 1320. The number of hydrogen-bond donors (Lipinski definition) is 0. The Morgan fingerprint density at radius 1 is 0.944 bits per heavy atom. The molecule has 4 atom stereocenters. The molecule has 2 aliphatic rings. The molecule has 2 fully saturated rings. The fraction of sp³-hybridized carbons (Fsp3) is 0.308. The second-order valence-corrected chi connectivity index (χ2v) is 12.2. The van der Waals surface area contributed by atoms with Gasteiger partial charge >= 0.3 is 0 Å². The Morgan fingerprint density at radius 2 is 1.64 bits per heavy atom. The molecule has 3 aromatic rings. The smallest absolute Gasteiger partial charge is 0.269 e. The zero-order chi connectivity index (χ0) is 25.3. The van der Waals surface area contributed by atoms with E-state index in [9.17, 15) is 22.9 Å². The number of nitrogens with zero attached hydrogens (tertiary/aromatic N) is 3. The third kappa shape index (κ3) is 5.04. The fourth-order valence-corrected chi connectivity index (χ4v) is 8.13. The maximum absolute atomic E-state index is 13.5. The summed E-state index contributed by atoms with van der Waals surface area (Å²) in [4.78, 5) is 13.9. The van der Waals surface area contributed by atoms with Gasteiger partial charge in [-0.2, -0.15) is 4.31 Å². The number of rotatable bonds is 7. The third-order valence-corrected chi connectivity index (χ3v) is 10.3. The molecule has 36 heavy (non-hydrogen) atoms. The fourth-order valence-electron chi connectivity index (χ4n) is 5.15. The van der Waals surface area contributed by atoms with E-state index < -0.39 is 14.9 Å². The van der Waals surface area contributed by atoms with Gasteiger partial charge in [0.1, 0.15) is 5.82 Å². The molecule has 0 aromatic heterocycles. The molecular formula is C26H26FN3O4S2. The summed E-state index contributed by atoms with van der Waals surface area (Å²) in [6.07, 6.45) is 1.55. The summed E-state index contributed by atoms with van der Waals surface area (Å²) in [7, 11) is -3.75. The molecule has 5 rings (SSSR count). The van der Waals surface area contributed by atoms with Crippen LogP contribution in [-0.2, 0) is 10.0 Å². The number of nitro groups is 1. The average molecular weight is 528 g/mol. The van der Waals surface area contributed by atoms with Crippen molar-refractivity contribution in [3.63, 3.8) is 0 Å². The first-order valence-electron chi connectivity index (χ1n) is 11.8. The zero-order valence-corrected chi connectivity index (χ0v) is 21.1. The number of hydrogen-bond acceptors (Lipinski definition) is 6. The van der Waals surface area contributed by atoms with Crippen LogP contribution < -0.4 is 0 Å². The van der Waals surface area contributed by atoms with E-state index in [0.29, 0.717) is 19.6 Å². The maximum Gasteiger partial charge on any atom is 0.269 e. The van der Waals surface area contributed by atoms with Gasteiger partial charge in [-0.25, -0.2) is 12.8 Å². The van der Waals surface area contributed by atoms with E-state index in [4.69, 9.17) is 0 Å². The molecule has 0 aliphatic carbocycles. The molecule has 7 nitrogen and oxygen atoms in total. The first kappa shape index (κ1) is 24.9. The monoisotopic (exact) mass is 527 g/mol. The highest BCUT2D eigenvalue weighted by Crippen LogP contribution is 2.44. The van der Waals surface area contributed by atoms with Crippen molar-refractivity contribution in [3.8, 4) is 0 Å². The maximum atomic E-state index is 13.5. The Hall–Kier alpha value is -2.79. The quantitative estimate of drug-likeness (QED) is 0.241. The molecule has 3 aromatic carbocycles. The molecule has 0 N–H and O–H groups in total. The van der Waals surface area contributed by atoms with Crippen LogP contribution in [0.4, 0.5) is 10.1 Å². The number of thioether (sulfide) groups is 1. The van der Waals surface area contributed by atoms with Crippen LogP contribution in [0.5, 0.6) is 0 Å². The van der Waals surface area contributed by atoms with Gasteiger partial charge in [-0.05, 0) is 54.8 Å². The molecule has 188 valence electrons. The summed E-state index contributed by atoms with van der Waals surface area (Å²) in [5, 5.41) is 11.1. The van der Waals surface area contributed by atoms with E-state index in [2.05, 4.69) is 17.0 Å². The van der Waals surface area contributed by atoms with E-state index in [0.717, 1.165) is 17.7 Å². The molecule has 0 saturated carbocycles. The van der Waals surface area contributed by atoms with Crippen LogP contribution in [0.25, 0.3) is 0 Å². The lowest BCUT2D eigenvalue weighted by atomic mass is 9.91. The minimum atomic E-state index is -3.75. The molecule has 2 bridgehead atoms. The lowest BCUT2D eigenvalue weighted by Crippen LogP contribution is -2.61. The number of halogens is 1. The highest BCUT2D eigenvalue weighted by molar-refractivity contribution is 7.99. The van der Waals surface area contributed by atoms with Crippen LogP contribution in [-0.4, -0.2) is 54.3 Å². The van der Waals surface area contributed by atoms with Crippen molar-refractivity contribution in [1.82, 2.24) is 9.21 Å². The van der Waals surface area contributed by atoms with Gasteiger partial charge in [-0.15, -0.1) is 11.8 Å². The standard InChI is InChI=1S/C26H26FN3O4S2/c27-20-6-11-23(12-7-20)35-26(19-4-2-1-3-5-19)25-15-10-22-18-28(25)16-17-29(22)36(33,34)24-13-8-21(9-14-24)30(31)32/h1-9,11-14,22,25-26H,10,15-18H2/t22?,25?,26-/m0/s1. The van der Waals surface area contributed by atoms with E-state index in [1.807, 2.05) is 18.2 Å². The predicted molar refractivity (Wildman–Crippen MR) is 137 cm³/mol. The van der Waals surface area contributed by atoms with Gasteiger partial charge in [0.15, 0.2) is 0 Å². The van der Waals surface area contributed by atoms with Crippen LogP contribution in [0.3, 0.4) is 0 Å². The van der Waals surface area contributed by atoms with Crippen LogP contribution in [0.1, 0.15) is 23.7 Å². The number of non-ortho nitro benzene ring substituents is 1. The van der Waals surface area contributed by atoms with E-state index >= 15 is 0 Å². The van der Waals surface area contributed by atoms with Crippen molar-refractivity contribution in [1.29, 1.82) is 0 Å². The van der Waals surface area contributed by atoms with E-state index in [1.54, 1.807) is 28.2 Å². The Kier molecular flexibility index (Phi) is 7.11. The van der Waals surface area contributed by atoms with Gasteiger partial charge in [-0.1, -0.05) is 30.3 Å². The van der Waals surface area contributed by atoms with Gasteiger partial charge in [0.05, 0.1) is 9.82 Å². The predicted octanol–water partition coefficient (Wildman–Crippen LogP) is 5.10. The SMILES string of the molecule is O=[N+]([O-])c1ccc(S(=O)(=O)N2CCN3CC2CCC3[C@@H](Sc2ccc(F)cc2)c2ccccc2)cc1. The summed E-state index contributed by atoms with van der Waals surface area (Å²) in [6.45, 7) is 1.59. The minimum Gasteiger partial charge on any atom is -0.296 e. The molecule has 2 heterocycles. The van der Waals surface area contributed by atoms with Gasteiger partial charge in [-0.3, -0.25) is 15.0 Å². The first-order chi connectivity index (χ1) is 17.3. The molecule has 0 spiro atoms. The summed E-state index contributed by atoms with van der Waals surface area (Å²) in [5.41, 5.74) is 1.06. The Morgan fingerprint density at radius 3 is 2.31 bits per heavy atom. The number of fused-ring (bicyclic) bond motifs is 2. The first-order valence-corrected chi connectivity index (χ1v) is 14.1. The van der Waals surface area contributed by atoms with E-state index in [-0.39, 0.29) is 33.7 Å². The molecular weight excluding hydrogens is 501 g/mol. The number of benzene rings is 3. The van der Waals surface area contributed by atoms with Crippen molar-refractivity contribution < 1.29 is 17.7 Å². The Balaban J connectivity index is 1.35. The topological polar surface area (TPSA) is 83.8 Å². The second kappa shape index (κ2) is 10.3. The summed E-state index contributed by atoms with van der Waals surface area (Å²) >= 11 is 1.71. The van der Waals surface area contributed by atoms with Gasteiger partial charge in [0.2, 0.25) is 10.0 Å². The summed E-state index contributed by atoms with van der Waals surface area (Å²) < 4.78 is 41.8. The van der Waals surface area contributed by atoms with Crippen molar-refractivity contribution in [2.45, 2.75) is 40.0 Å². The highest BCUT2D eigenvalue weighted by Gasteiger charge is 2.43. The van der Waals surface area contributed by atoms with Crippen molar-refractivity contribution >= 4 is 27.5 Å². The van der Waals surface area contributed by atoms with Crippen LogP contribution in [0.15, 0.2) is 88.7 Å². The van der Waals surface area contributed by atoms with Gasteiger partial charge < -0.3 is 0 Å². The number of nitro benzene ring substituents is 1. The number of piperidine rings is 1. The van der Waals surface area contributed by atoms with Crippen molar-refractivity contribution in [3.05, 3.63) is 100 Å². The number of sulfonamides is 1. The molecule has 0 amide bonds. The number of piperazine rings is 1. The minimum absolute atomic E-state index is 0.0812. The third-order valence-electron chi connectivity index (χ3n) is 6.93.